The monoisotopic (exact) mass is 1650 g/mol. The molecule has 15 aromatic rings. The van der Waals surface area contributed by atoms with E-state index in [1.165, 1.54) is 21.9 Å². The number of carbonyl (C=O) groups excluding carboxylic acids is 4. The topological polar surface area (TPSA) is 179 Å². The molecule has 0 aliphatic heterocycles. The van der Waals surface area contributed by atoms with Crippen molar-refractivity contribution in [1.82, 2.24) is 0 Å². The molecule has 0 saturated heterocycles. The molecule has 0 aliphatic carbocycles. The maximum absolute atomic E-state index is 11.2. The Morgan fingerprint density at radius 2 is 0.692 bits per heavy atom. The van der Waals surface area contributed by atoms with Gasteiger partial charge in [-0.25, -0.2) is 0 Å². The Kier molecular flexibility index (Phi) is 38.6. The van der Waals surface area contributed by atoms with Crippen molar-refractivity contribution in [2.45, 2.75) is 65.1 Å². The number of carboxylic acid groups (broad SMARTS) is 4. The number of hydrogen-bond acceptors (Lipinski definition) is 12. The molecule has 2 aromatic heterocycles. The third kappa shape index (κ3) is 26.8. The van der Waals surface area contributed by atoms with Gasteiger partial charge in [-0.1, -0.05) is 303 Å². The average molecular weight is 1650 g/mol. The molecule has 1 unspecified atom stereocenters. The molecule has 0 bridgehead atoms. The van der Waals surface area contributed by atoms with Crippen molar-refractivity contribution >= 4 is 80.5 Å². The van der Waals surface area contributed by atoms with Crippen LogP contribution in [0.15, 0.2) is 338 Å². The van der Waals surface area contributed by atoms with E-state index in [0.29, 0.717) is 42.3 Å². The van der Waals surface area contributed by atoms with Crippen molar-refractivity contribution in [2.75, 3.05) is 0 Å². The fourth-order valence-electron chi connectivity index (χ4n) is 13.4. The molecule has 0 saturated carbocycles. The molecule has 0 amide bonds. The van der Waals surface area contributed by atoms with Gasteiger partial charge in [0.2, 0.25) is 0 Å². The van der Waals surface area contributed by atoms with Gasteiger partial charge in [0.05, 0.1) is 0 Å². The minimum atomic E-state index is -1.05. The first-order valence-corrected chi connectivity index (χ1v) is 39.6. The summed E-state index contributed by atoms with van der Waals surface area (Å²) in [6.45, 7) is 2.46. The summed E-state index contributed by atoms with van der Waals surface area (Å²) in [5.41, 5.74) is 21.1. The van der Waals surface area contributed by atoms with Gasteiger partial charge >= 0.3 is 118 Å². The predicted octanol–water partition coefficient (Wildman–Crippen LogP) is 8.82. The number of benzene rings is 13. The van der Waals surface area contributed by atoms with Gasteiger partial charge in [-0.2, -0.15) is 0 Å². The Hall–Kier alpha value is -8.42. The molecule has 13 aromatic carbocycles. The van der Waals surface area contributed by atoms with Crippen LogP contribution < -0.4 is 148 Å². The first-order valence-electron chi connectivity index (χ1n) is 37.1. The normalized spacial score (nSPS) is 10.6. The minimum absolute atomic E-state index is 0. The van der Waals surface area contributed by atoms with Gasteiger partial charge in [-0.05, 0) is 222 Å². The van der Waals surface area contributed by atoms with Crippen molar-refractivity contribution in [3.63, 3.8) is 0 Å². The number of para-hydroxylation sites is 2. The maximum atomic E-state index is 11.2. The zero-order valence-corrected chi connectivity index (χ0v) is 77.1. The van der Waals surface area contributed by atoms with Gasteiger partial charge in [-0.3, -0.25) is 0 Å². The minimum Gasteiger partial charge on any atom is -0.550 e. The van der Waals surface area contributed by atoms with E-state index in [1.54, 1.807) is 47.8 Å². The van der Waals surface area contributed by atoms with Crippen LogP contribution in [0.4, 0.5) is 0 Å². The maximum Gasteiger partial charge on any atom is 1.00 e. The van der Waals surface area contributed by atoms with Gasteiger partial charge in [-0.15, -0.1) is 22.7 Å². The van der Waals surface area contributed by atoms with Crippen LogP contribution in [0.2, 0.25) is 10.0 Å². The molecule has 564 valence electrons. The first kappa shape index (κ1) is 94.1. The number of rotatable bonds is 26. The van der Waals surface area contributed by atoms with Gasteiger partial charge in [0.15, 0.2) is 0 Å². The summed E-state index contributed by atoms with van der Waals surface area (Å²) in [4.78, 5) is 45.9. The molecule has 15 rings (SSSR count). The van der Waals surface area contributed by atoms with E-state index in [4.69, 9.17) is 32.7 Å². The Morgan fingerprint density at radius 1 is 0.333 bits per heavy atom. The second-order valence-electron chi connectivity index (χ2n) is 26.9. The smallest absolute Gasteiger partial charge is 0.550 e. The van der Waals surface area contributed by atoms with Crippen LogP contribution in [-0.2, 0) is 58.1 Å². The Balaban J connectivity index is 0.000000194. The average Bonchev–Trinajstić information content (AvgIpc) is 1.77. The van der Waals surface area contributed by atoms with E-state index in [9.17, 15) is 39.6 Å². The third-order valence-electron chi connectivity index (χ3n) is 19.1. The van der Waals surface area contributed by atoms with Crippen LogP contribution in [0, 0.1) is 5.92 Å². The van der Waals surface area contributed by atoms with E-state index in [-0.39, 0.29) is 144 Å². The number of aliphatic carboxylic acids is 4. The van der Waals surface area contributed by atoms with Crippen molar-refractivity contribution in [2.24, 2.45) is 5.92 Å². The molecule has 0 aliphatic rings. The van der Waals surface area contributed by atoms with Crippen LogP contribution in [0.5, 0.6) is 11.5 Å². The molecular formula is C99H78Cl2Na4O10S2. The van der Waals surface area contributed by atoms with Gasteiger partial charge in [0.25, 0.3) is 0 Å². The SMILES string of the molecule is CC(Cc1ccccc1-c1csc(-c2ccccc2OCc2ccccc2)c1)C(=O)[O-].O=C([O-])CCc1ccccc1-c1cc(-c2ccccc2OCc2c(Cl)cccc2Cl)cs1.O=C([O-])CCc1ccccc1-c1cccc(-c2cccc3ccccc23)c1.O=C([O-])CCc1ccccc1-c1cccc(-c2ccccc2)c1.[Na+].[Na+].[Na+].[Na+]. The summed E-state index contributed by atoms with van der Waals surface area (Å²) in [5.74, 6) is -3.06. The quantitative estimate of drug-likeness (QED) is 0.0476. The van der Waals surface area contributed by atoms with Crippen molar-refractivity contribution in [1.29, 1.82) is 0 Å². The van der Waals surface area contributed by atoms with Gasteiger partial charge in [0, 0.05) is 60.4 Å². The molecule has 0 spiro atoms. The van der Waals surface area contributed by atoms with Crippen molar-refractivity contribution in [3.05, 3.63) is 382 Å². The van der Waals surface area contributed by atoms with Gasteiger partial charge < -0.3 is 49.1 Å². The van der Waals surface area contributed by atoms with Crippen LogP contribution in [0.25, 0.3) is 98.4 Å². The van der Waals surface area contributed by atoms with E-state index in [2.05, 4.69) is 138 Å². The summed E-state index contributed by atoms with van der Waals surface area (Å²) in [6.07, 6.45) is 1.89. The molecule has 0 fully saturated rings. The number of halogens is 2. The Morgan fingerprint density at radius 3 is 1.24 bits per heavy atom. The number of fused-ring (bicyclic) bond motifs is 1. The molecule has 2 heterocycles. The fraction of sp³-hybridized carbons (Fsp3) is 0.111. The number of thiophene rings is 2. The summed E-state index contributed by atoms with van der Waals surface area (Å²) in [6, 6.07) is 109. The number of hydrogen-bond donors (Lipinski definition) is 0. The van der Waals surface area contributed by atoms with E-state index in [0.717, 1.165) is 121 Å². The number of carboxylic acids is 4. The summed E-state index contributed by atoms with van der Waals surface area (Å²) in [7, 11) is 0. The molecule has 10 nitrogen and oxygen atoms in total. The summed E-state index contributed by atoms with van der Waals surface area (Å²) >= 11 is 15.8. The zero-order chi connectivity index (χ0) is 78.8. The number of carbonyl (C=O) groups is 4. The van der Waals surface area contributed by atoms with Crippen molar-refractivity contribution in [3.8, 4) is 99.1 Å². The molecule has 117 heavy (non-hydrogen) atoms. The van der Waals surface area contributed by atoms with Crippen LogP contribution in [0.3, 0.4) is 0 Å². The largest absolute Gasteiger partial charge is 1.00 e. The van der Waals surface area contributed by atoms with Crippen LogP contribution in [-0.4, -0.2) is 23.9 Å². The fourth-order valence-corrected chi connectivity index (χ4v) is 15.8. The molecule has 18 heteroatoms. The molecule has 0 N–H and O–H groups in total. The standard InChI is InChI=1S/C27H24O3S.C26H20Cl2O3S.C25H20O2.C21H18O2.4Na/c1-19(27(28)29)15-21-11-5-6-12-23(21)22-16-26(31-18-22)24-13-7-8-14-25(24)30-17-20-9-3-2-4-10-20;27-22-9-5-10-23(28)21(22)15-31-24-11-4-3-7-19(24)18-14-25(32-16-18)20-8-2-1-6-17(20)12-13-26(29)30;26-25(27)16-15-19-8-1-3-12-22(19)20-10-5-11-21(17-20)24-14-6-9-18-7-2-4-13-23(18)24;22-21(23)14-13-17-9-4-5-12-20(17)19-11-6-10-18(15-19)16-7-2-1-3-8-16;;;;/h2-14,16,18-19H,15,17H2,1H3,(H,28,29);1-11,14,16H,12-13,15H2,(H,29,30);1-14,17H,15-16H2,(H,26,27);1-12,15H,13-14H2,(H,22,23);;;;/q;;;;4*+1/p-4. The number of aryl methyl sites for hydroxylation is 3. The van der Waals surface area contributed by atoms with Crippen molar-refractivity contribution < 1.29 is 167 Å². The summed E-state index contributed by atoms with van der Waals surface area (Å²) < 4.78 is 12.2. The molecule has 0 radical (unpaired) electrons. The second-order valence-corrected chi connectivity index (χ2v) is 29.5. The second kappa shape index (κ2) is 48.0. The first-order chi connectivity index (χ1) is 55.1. The predicted molar refractivity (Wildman–Crippen MR) is 452 cm³/mol. The van der Waals surface area contributed by atoms with E-state index >= 15 is 0 Å². The van der Waals surface area contributed by atoms with Gasteiger partial charge in [0.1, 0.15) is 24.7 Å². The molecular weight excluding hydrogens is 1580 g/mol. The Bertz CT molecular complexity index is 5730. The zero-order valence-electron chi connectivity index (χ0n) is 65.9. The molecule has 1 atom stereocenters. The van der Waals surface area contributed by atoms with Crippen LogP contribution >= 0.6 is 45.9 Å². The number of ether oxygens (including phenoxy) is 2. The summed E-state index contributed by atoms with van der Waals surface area (Å²) in [5, 5.41) is 51.5. The van der Waals surface area contributed by atoms with E-state index in [1.807, 2.05) is 182 Å². The Labute approximate surface area is 790 Å². The van der Waals surface area contributed by atoms with E-state index < -0.39 is 29.8 Å². The third-order valence-corrected chi connectivity index (χ3v) is 21.8. The van der Waals surface area contributed by atoms with Crippen LogP contribution in [0.1, 0.15) is 59.6 Å².